The molecule has 1 aliphatic rings. The third kappa shape index (κ3) is 2.86. The minimum Gasteiger partial charge on any atom is -0.394 e. The predicted octanol–water partition coefficient (Wildman–Crippen LogP) is 2.07. The van der Waals surface area contributed by atoms with Crippen molar-refractivity contribution < 1.29 is 5.11 Å². The number of aliphatic hydroxyl groups excluding tert-OH is 1. The maximum atomic E-state index is 9.65. The first-order chi connectivity index (χ1) is 8.24. The zero-order valence-electron chi connectivity index (χ0n) is 10.3. The Kier molecular flexibility index (Phi) is 3.79. The topological polar surface area (TPSA) is 44.6 Å². The molecule has 17 heavy (non-hydrogen) atoms. The lowest BCUT2D eigenvalue weighted by Crippen LogP contribution is -2.46. The molecule has 0 aliphatic carbocycles. The van der Waals surface area contributed by atoms with Crippen molar-refractivity contribution >= 4 is 5.84 Å². The molecular formula is C14H20N2O. The lowest BCUT2D eigenvalue weighted by atomic mass is 9.92. The van der Waals surface area contributed by atoms with Gasteiger partial charge >= 0.3 is 0 Å². The van der Waals surface area contributed by atoms with Gasteiger partial charge in [-0.05, 0) is 25.3 Å². The van der Waals surface area contributed by atoms with Gasteiger partial charge in [-0.3, -0.25) is 4.99 Å². The number of aliphatic imine (C=N–C) groups is 1. The lowest BCUT2D eigenvalue weighted by Gasteiger charge is -2.32. The van der Waals surface area contributed by atoms with Crippen LogP contribution in [0.15, 0.2) is 35.3 Å². The summed E-state index contributed by atoms with van der Waals surface area (Å²) in [7, 11) is 0. The highest BCUT2D eigenvalue weighted by molar-refractivity contribution is 5.83. The van der Waals surface area contributed by atoms with Gasteiger partial charge in [0.2, 0.25) is 0 Å². The zero-order chi connectivity index (χ0) is 12.1. The number of hydrogen-bond acceptors (Lipinski definition) is 3. The molecular weight excluding hydrogens is 212 g/mol. The van der Waals surface area contributed by atoms with Gasteiger partial charge in [0, 0.05) is 13.0 Å². The zero-order valence-corrected chi connectivity index (χ0v) is 10.3. The molecule has 3 heteroatoms. The maximum absolute atomic E-state index is 9.65. The Balaban J connectivity index is 2.17. The smallest absolute Gasteiger partial charge is 0.0970 e. The van der Waals surface area contributed by atoms with Gasteiger partial charge in [-0.1, -0.05) is 30.3 Å². The molecule has 0 spiro atoms. The minimum atomic E-state index is -0.433. The van der Waals surface area contributed by atoms with Crippen LogP contribution in [0.25, 0.3) is 0 Å². The van der Waals surface area contributed by atoms with Crippen molar-refractivity contribution in [2.75, 3.05) is 13.2 Å². The molecule has 0 saturated carbocycles. The Morgan fingerprint density at radius 2 is 2.06 bits per heavy atom. The lowest BCUT2D eigenvalue weighted by molar-refractivity contribution is 0.193. The van der Waals surface area contributed by atoms with E-state index in [1.807, 2.05) is 37.3 Å². The Morgan fingerprint density at radius 1 is 1.29 bits per heavy atom. The van der Waals surface area contributed by atoms with Crippen LogP contribution in [0.4, 0.5) is 0 Å². The summed E-state index contributed by atoms with van der Waals surface area (Å²) in [5.41, 5.74) is 0.660. The normalized spacial score (nSPS) is 19.3. The number of hydrogen-bond donors (Lipinski definition) is 2. The molecule has 0 bridgehead atoms. The number of amidine groups is 1. The first-order valence-corrected chi connectivity index (χ1v) is 6.22. The Labute approximate surface area is 103 Å². The van der Waals surface area contributed by atoms with Crippen LogP contribution >= 0.6 is 0 Å². The van der Waals surface area contributed by atoms with E-state index in [2.05, 4.69) is 10.3 Å². The van der Waals surface area contributed by atoms with Gasteiger partial charge in [0.1, 0.15) is 0 Å². The van der Waals surface area contributed by atoms with Gasteiger partial charge in [0.25, 0.3) is 0 Å². The van der Waals surface area contributed by atoms with Crippen LogP contribution in [0, 0.1) is 0 Å². The molecule has 1 aromatic rings. The Hall–Kier alpha value is -1.35. The summed E-state index contributed by atoms with van der Waals surface area (Å²) >= 11 is 0. The average molecular weight is 232 g/mol. The summed E-state index contributed by atoms with van der Waals surface area (Å²) in [5.74, 6) is 1.02. The van der Waals surface area contributed by atoms with E-state index < -0.39 is 5.54 Å². The average Bonchev–Trinajstić information content (AvgIpc) is 2.41. The van der Waals surface area contributed by atoms with Crippen LogP contribution in [0.3, 0.4) is 0 Å². The number of aliphatic hydroxyl groups is 1. The predicted molar refractivity (Wildman–Crippen MR) is 70.2 cm³/mol. The number of nitrogens with zero attached hydrogens (tertiary/aromatic N) is 1. The summed E-state index contributed by atoms with van der Waals surface area (Å²) < 4.78 is 0. The molecule has 0 aromatic heterocycles. The van der Waals surface area contributed by atoms with E-state index >= 15 is 0 Å². The van der Waals surface area contributed by atoms with Crippen LogP contribution in [0.1, 0.15) is 31.7 Å². The quantitative estimate of drug-likeness (QED) is 0.838. The molecule has 0 fully saturated rings. The van der Waals surface area contributed by atoms with E-state index in [1.165, 1.54) is 12.8 Å². The molecule has 2 N–H and O–H groups in total. The molecule has 1 heterocycles. The molecule has 92 valence electrons. The van der Waals surface area contributed by atoms with Crippen molar-refractivity contribution in [1.82, 2.24) is 5.32 Å². The van der Waals surface area contributed by atoms with Crippen molar-refractivity contribution in [1.29, 1.82) is 0 Å². The van der Waals surface area contributed by atoms with E-state index in [0.29, 0.717) is 0 Å². The molecule has 0 saturated heterocycles. The molecule has 0 radical (unpaired) electrons. The summed E-state index contributed by atoms with van der Waals surface area (Å²) in [6, 6.07) is 10.0. The fourth-order valence-corrected chi connectivity index (χ4v) is 2.13. The monoisotopic (exact) mass is 232 g/mol. The van der Waals surface area contributed by atoms with Gasteiger partial charge in [0.15, 0.2) is 0 Å². The molecule has 2 rings (SSSR count). The first-order valence-electron chi connectivity index (χ1n) is 6.22. The van der Waals surface area contributed by atoms with Crippen molar-refractivity contribution in [3.8, 4) is 0 Å². The van der Waals surface area contributed by atoms with E-state index in [9.17, 15) is 5.11 Å². The van der Waals surface area contributed by atoms with Crippen molar-refractivity contribution in [3.63, 3.8) is 0 Å². The van der Waals surface area contributed by atoms with Gasteiger partial charge in [-0.25, -0.2) is 0 Å². The van der Waals surface area contributed by atoms with Crippen LogP contribution in [0.2, 0.25) is 0 Å². The molecule has 3 nitrogen and oxygen atoms in total. The fraction of sp³-hybridized carbons (Fsp3) is 0.500. The third-order valence-electron chi connectivity index (χ3n) is 3.27. The van der Waals surface area contributed by atoms with Crippen LogP contribution in [0.5, 0.6) is 0 Å². The van der Waals surface area contributed by atoms with Crippen LogP contribution in [-0.2, 0) is 5.54 Å². The number of rotatable bonds is 3. The second kappa shape index (κ2) is 5.32. The highest BCUT2D eigenvalue weighted by Crippen LogP contribution is 2.21. The highest BCUT2D eigenvalue weighted by Gasteiger charge is 2.26. The largest absolute Gasteiger partial charge is 0.394 e. The second-order valence-corrected chi connectivity index (χ2v) is 4.77. The summed E-state index contributed by atoms with van der Waals surface area (Å²) in [4.78, 5) is 4.48. The summed E-state index contributed by atoms with van der Waals surface area (Å²) in [6.45, 7) is 2.98. The molecule has 0 amide bonds. The molecule has 1 unspecified atom stereocenters. The standard InChI is InChI=1S/C14H20N2O/c1-14(11-17,12-7-3-2-4-8-12)16-13-9-5-6-10-15-13/h2-4,7-8,17H,5-6,9-11H2,1H3,(H,15,16). The number of benzene rings is 1. The highest BCUT2D eigenvalue weighted by atomic mass is 16.3. The van der Waals surface area contributed by atoms with E-state index in [4.69, 9.17) is 0 Å². The molecule has 1 aromatic carbocycles. The molecule has 1 aliphatic heterocycles. The van der Waals surface area contributed by atoms with Crippen molar-refractivity contribution in [2.24, 2.45) is 4.99 Å². The first kappa shape index (κ1) is 12.1. The van der Waals surface area contributed by atoms with Crippen molar-refractivity contribution in [3.05, 3.63) is 35.9 Å². The SMILES string of the molecule is CC(CO)(NC1=NCCCC1)c1ccccc1. The second-order valence-electron chi connectivity index (χ2n) is 4.77. The van der Waals surface area contributed by atoms with E-state index in [0.717, 1.165) is 24.4 Å². The third-order valence-corrected chi connectivity index (χ3v) is 3.27. The summed E-state index contributed by atoms with van der Waals surface area (Å²) in [6.07, 6.45) is 3.34. The van der Waals surface area contributed by atoms with Crippen molar-refractivity contribution in [2.45, 2.75) is 31.7 Å². The van der Waals surface area contributed by atoms with Gasteiger partial charge in [-0.2, -0.15) is 0 Å². The van der Waals surface area contributed by atoms with Crippen LogP contribution < -0.4 is 5.32 Å². The fourth-order valence-electron chi connectivity index (χ4n) is 2.13. The minimum absolute atomic E-state index is 0.0655. The Bertz CT molecular complexity index is 388. The van der Waals surface area contributed by atoms with Crippen LogP contribution in [-0.4, -0.2) is 24.1 Å². The summed E-state index contributed by atoms with van der Waals surface area (Å²) in [5, 5.41) is 13.1. The van der Waals surface area contributed by atoms with Gasteiger partial charge in [-0.15, -0.1) is 0 Å². The van der Waals surface area contributed by atoms with E-state index in [1.54, 1.807) is 0 Å². The Morgan fingerprint density at radius 3 is 2.65 bits per heavy atom. The molecule has 1 atom stereocenters. The maximum Gasteiger partial charge on any atom is 0.0970 e. The van der Waals surface area contributed by atoms with E-state index in [-0.39, 0.29) is 6.61 Å². The van der Waals surface area contributed by atoms with Gasteiger partial charge < -0.3 is 10.4 Å². The number of nitrogens with one attached hydrogen (secondary N) is 1. The van der Waals surface area contributed by atoms with Gasteiger partial charge in [0.05, 0.1) is 18.0 Å².